The lowest BCUT2D eigenvalue weighted by atomic mass is 9.99. The smallest absolute Gasteiger partial charge is 0.220 e. The lowest BCUT2D eigenvalue weighted by Gasteiger charge is -2.14. The van der Waals surface area contributed by atoms with E-state index in [0.717, 1.165) is 44.9 Å². The van der Waals surface area contributed by atoms with E-state index in [1.807, 2.05) is 12.1 Å². The molecule has 2 heterocycles. The van der Waals surface area contributed by atoms with Gasteiger partial charge in [0.25, 0.3) is 0 Å². The number of para-hydroxylation sites is 4. The largest absolute Gasteiger partial charge is 0.355 e. The molecule has 0 spiro atoms. The van der Waals surface area contributed by atoms with Crippen LogP contribution in [0.5, 0.6) is 0 Å². The molecule has 4 nitrogen and oxygen atoms in total. The number of aryl methyl sites for hydroxylation is 1. The van der Waals surface area contributed by atoms with Crippen molar-refractivity contribution in [2.45, 2.75) is 6.92 Å². The third kappa shape index (κ3) is 3.19. The van der Waals surface area contributed by atoms with Crippen LogP contribution < -0.4 is 5.32 Å². The summed E-state index contributed by atoms with van der Waals surface area (Å²) < 4.78 is 4.50. The molecule has 0 aliphatic carbocycles. The summed E-state index contributed by atoms with van der Waals surface area (Å²) in [5.41, 5.74) is 11.2. The summed E-state index contributed by atoms with van der Waals surface area (Å²) in [6, 6.07) is 42.3. The van der Waals surface area contributed by atoms with Crippen LogP contribution in [0.2, 0.25) is 0 Å². The highest BCUT2D eigenvalue weighted by Gasteiger charge is 2.17. The molecule has 0 saturated heterocycles. The molecule has 0 unspecified atom stereocenters. The standard InChI is InChI=1S/C32H24N4/c1-22-11-5-6-14-25(22)26-15-7-8-16-27(26)33-23-19-20-30-31(21-23)36-29-18-10-9-17-28(29)34-32(36)35(30)24-12-3-2-4-13-24/h2-21,33H,1H3. The molecule has 36 heavy (non-hydrogen) atoms. The third-order valence-electron chi connectivity index (χ3n) is 6.86. The number of anilines is 2. The number of nitrogens with one attached hydrogen (secondary N) is 1. The number of benzene rings is 5. The maximum atomic E-state index is 5.01. The van der Waals surface area contributed by atoms with Gasteiger partial charge in [0.05, 0.1) is 22.1 Å². The van der Waals surface area contributed by atoms with E-state index in [0.29, 0.717) is 0 Å². The van der Waals surface area contributed by atoms with Gasteiger partial charge in [0.2, 0.25) is 5.78 Å². The first-order valence-electron chi connectivity index (χ1n) is 12.2. The van der Waals surface area contributed by atoms with Gasteiger partial charge in [0.15, 0.2) is 0 Å². The molecule has 172 valence electrons. The Morgan fingerprint density at radius 2 is 1.33 bits per heavy atom. The molecule has 4 heteroatoms. The monoisotopic (exact) mass is 464 g/mol. The number of rotatable bonds is 4. The van der Waals surface area contributed by atoms with Crippen LogP contribution >= 0.6 is 0 Å². The first-order chi connectivity index (χ1) is 17.8. The van der Waals surface area contributed by atoms with Gasteiger partial charge in [-0.25, -0.2) is 4.98 Å². The Kier molecular flexibility index (Phi) is 4.64. The number of imidazole rings is 2. The molecule has 0 aliphatic heterocycles. The highest BCUT2D eigenvalue weighted by atomic mass is 15.2. The van der Waals surface area contributed by atoms with Crippen molar-refractivity contribution >= 4 is 39.2 Å². The van der Waals surface area contributed by atoms with Crippen molar-refractivity contribution in [1.29, 1.82) is 0 Å². The minimum atomic E-state index is 0.912. The molecule has 5 aromatic carbocycles. The second kappa shape index (κ2) is 8.14. The van der Waals surface area contributed by atoms with E-state index in [1.54, 1.807) is 0 Å². The Bertz CT molecular complexity index is 1880. The van der Waals surface area contributed by atoms with Crippen LogP contribution in [-0.4, -0.2) is 14.0 Å². The van der Waals surface area contributed by atoms with Crippen LogP contribution in [0.25, 0.3) is 44.7 Å². The molecule has 7 rings (SSSR count). The fourth-order valence-electron chi connectivity index (χ4n) is 5.17. The van der Waals surface area contributed by atoms with Crippen molar-refractivity contribution in [3.63, 3.8) is 0 Å². The van der Waals surface area contributed by atoms with E-state index in [4.69, 9.17) is 4.98 Å². The second-order valence-electron chi connectivity index (χ2n) is 9.10. The summed E-state index contributed by atoms with van der Waals surface area (Å²) in [6.45, 7) is 2.16. The molecular weight excluding hydrogens is 440 g/mol. The van der Waals surface area contributed by atoms with Gasteiger partial charge >= 0.3 is 0 Å². The zero-order chi connectivity index (χ0) is 24.1. The van der Waals surface area contributed by atoms with E-state index < -0.39 is 0 Å². The van der Waals surface area contributed by atoms with Gasteiger partial charge < -0.3 is 5.32 Å². The summed E-state index contributed by atoms with van der Waals surface area (Å²) in [4.78, 5) is 5.01. The van der Waals surface area contributed by atoms with E-state index >= 15 is 0 Å². The Morgan fingerprint density at radius 1 is 0.611 bits per heavy atom. The minimum Gasteiger partial charge on any atom is -0.355 e. The van der Waals surface area contributed by atoms with Crippen molar-refractivity contribution in [1.82, 2.24) is 14.0 Å². The summed E-state index contributed by atoms with van der Waals surface area (Å²) in [7, 11) is 0. The Labute approximate surface area is 209 Å². The van der Waals surface area contributed by atoms with Crippen LogP contribution in [0.4, 0.5) is 11.4 Å². The van der Waals surface area contributed by atoms with Gasteiger partial charge in [-0.05, 0) is 66.6 Å². The maximum absolute atomic E-state index is 5.01. The van der Waals surface area contributed by atoms with Gasteiger partial charge in [-0.1, -0.05) is 72.8 Å². The second-order valence-corrected chi connectivity index (χ2v) is 9.10. The van der Waals surface area contributed by atoms with Crippen molar-refractivity contribution < 1.29 is 0 Å². The lowest BCUT2D eigenvalue weighted by molar-refractivity contribution is 1.11. The summed E-state index contributed by atoms with van der Waals surface area (Å²) >= 11 is 0. The maximum Gasteiger partial charge on any atom is 0.220 e. The van der Waals surface area contributed by atoms with Crippen LogP contribution in [0.3, 0.4) is 0 Å². The Morgan fingerprint density at radius 3 is 2.19 bits per heavy atom. The van der Waals surface area contributed by atoms with Gasteiger partial charge in [0.1, 0.15) is 0 Å². The predicted molar refractivity (Wildman–Crippen MR) is 149 cm³/mol. The van der Waals surface area contributed by atoms with E-state index in [1.165, 1.54) is 16.7 Å². The SMILES string of the molecule is Cc1ccccc1-c1ccccc1Nc1ccc2c(c1)n1c3ccccc3nc1n2-c1ccccc1. The molecule has 0 radical (unpaired) electrons. The fourth-order valence-corrected chi connectivity index (χ4v) is 5.17. The molecule has 1 N–H and O–H groups in total. The number of hydrogen-bond acceptors (Lipinski definition) is 2. The Balaban J connectivity index is 1.43. The van der Waals surface area contributed by atoms with Crippen LogP contribution in [-0.2, 0) is 0 Å². The van der Waals surface area contributed by atoms with Crippen LogP contribution in [0, 0.1) is 6.92 Å². The highest BCUT2D eigenvalue weighted by molar-refractivity contribution is 5.94. The summed E-state index contributed by atoms with van der Waals surface area (Å²) in [6.07, 6.45) is 0. The molecule has 0 saturated carbocycles. The number of hydrogen-bond donors (Lipinski definition) is 1. The number of fused-ring (bicyclic) bond motifs is 5. The van der Waals surface area contributed by atoms with E-state index in [2.05, 4.69) is 130 Å². The average Bonchev–Trinajstić information content (AvgIpc) is 3.44. The number of nitrogens with zero attached hydrogens (tertiary/aromatic N) is 3. The van der Waals surface area contributed by atoms with Crippen LogP contribution in [0.1, 0.15) is 5.56 Å². The summed E-state index contributed by atoms with van der Waals surface area (Å²) in [5.74, 6) is 0.912. The molecule has 2 aromatic heterocycles. The molecule has 0 amide bonds. The molecule has 0 bridgehead atoms. The first-order valence-corrected chi connectivity index (χ1v) is 12.2. The van der Waals surface area contributed by atoms with Crippen molar-refractivity contribution in [2.75, 3.05) is 5.32 Å². The van der Waals surface area contributed by atoms with Gasteiger partial charge in [-0.2, -0.15) is 0 Å². The van der Waals surface area contributed by atoms with Gasteiger partial charge in [-0.3, -0.25) is 8.97 Å². The topological polar surface area (TPSA) is 34.3 Å². The zero-order valence-corrected chi connectivity index (χ0v) is 19.9. The van der Waals surface area contributed by atoms with E-state index in [9.17, 15) is 0 Å². The molecule has 0 fully saturated rings. The fraction of sp³-hybridized carbons (Fsp3) is 0.0312. The van der Waals surface area contributed by atoms with E-state index in [-0.39, 0.29) is 0 Å². The molecule has 0 aliphatic rings. The Hall–Kier alpha value is -4.83. The van der Waals surface area contributed by atoms with Crippen molar-refractivity contribution in [2.24, 2.45) is 0 Å². The average molecular weight is 465 g/mol. The molecule has 0 atom stereocenters. The highest BCUT2D eigenvalue weighted by Crippen LogP contribution is 2.35. The third-order valence-corrected chi connectivity index (χ3v) is 6.86. The predicted octanol–water partition coefficient (Wildman–Crippen LogP) is 8.15. The van der Waals surface area contributed by atoms with Gasteiger partial charge in [0, 0.05) is 22.6 Å². The van der Waals surface area contributed by atoms with Gasteiger partial charge in [-0.15, -0.1) is 0 Å². The van der Waals surface area contributed by atoms with Crippen molar-refractivity contribution in [3.05, 3.63) is 127 Å². The van der Waals surface area contributed by atoms with Crippen molar-refractivity contribution in [3.8, 4) is 16.8 Å². The molecular formula is C32H24N4. The zero-order valence-electron chi connectivity index (χ0n) is 19.9. The minimum absolute atomic E-state index is 0.912. The molecule has 7 aromatic rings. The normalized spacial score (nSPS) is 11.5. The first kappa shape index (κ1) is 20.5. The summed E-state index contributed by atoms with van der Waals surface area (Å²) in [5, 5.41) is 3.70. The lowest BCUT2D eigenvalue weighted by Crippen LogP contribution is -1.96. The van der Waals surface area contributed by atoms with Crippen LogP contribution in [0.15, 0.2) is 121 Å². The number of aromatic nitrogens is 3. The quantitative estimate of drug-likeness (QED) is 0.285.